The Labute approximate surface area is 153 Å². The van der Waals surface area contributed by atoms with E-state index < -0.39 is 0 Å². The Kier molecular flexibility index (Phi) is 5.03. The maximum Gasteiger partial charge on any atom is 0.263 e. The van der Waals surface area contributed by atoms with Crippen LogP contribution in [0.2, 0.25) is 0 Å². The minimum atomic E-state index is -0.390. The highest BCUT2D eigenvalue weighted by molar-refractivity contribution is 6.04. The molecule has 0 unspecified atom stereocenters. The molecular formula is C22H22N2O2. The van der Waals surface area contributed by atoms with Gasteiger partial charge in [-0.3, -0.25) is 9.59 Å². The number of hydrogen-bond donors (Lipinski definition) is 1. The zero-order valence-corrected chi connectivity index (χ0v) is 15.2. The van der Waals surface area contributed by atoms with Crippen molar-refractivity contribution < 1.29 is 4.79 Å². The smallest absolute Gasteiger partial charge is 0.263 e. The molecule has 26 heavy (non-hydrogen) atoms. The number of pyridine rings is 1. The Morgan fingerprint density at radius 2 is 1.65 bits per heavy atom. The number of carbonyl (C=O) groups excluding carboxylic acids is 1. The molecule has 0 saturated heterocycles. The number of aromatic nitrogens is 1. The highest BCUT2D eigenvalue weighted by Gasteiger charge is 2.13. The van der Waals surface area contributed by atoms with E-state index in [4.69, 9.17) is 0 Å². The molecule has 1 amide bonds. The Morgan fingerprint density at radius 1 is 0.962 bits per heavy atom. The summed E-state index contributed by atoms with van der Waals surface area (Å²) in [6.45, 7) is 6.40. The van der Waals surface area contributed by atoms with Crippen molar-refractivity contribution in [1.82, 2.24) is 4.57 Å². The van der Waals surface area contributed by atoms with E-state index in [0.717, 1.165) is 22.3 Å². The maximum absolute atomic E-state index is 12.8. The summed E-state index contributed by atoms with van der Waals surface area (Å²) in [6, 6.07) is 17.0. The summed E-state index contributed by atoms with van der Waals surface area (Å²) in [5, 5.41) is 2.83. The lowest BCUT2D eigenvalue weighted by Crippen LogP contribution is -2.29. The van der Waals surface area contributed by atoms with E-state index in [1.54, 1.807) is 22.9 Å². The van der Waals surface area contributed by atoms with Crippen molar-refractivity contribution in [3.8, 4) is 0 Å². The van der Waals surface area contributed by atoms with Gasteiger partial charge in [-0.15, -0.1) is 0 Å². The molecule has 0 aliphatic rings. The van der Waals surface area contributed by atoms with Crippen molar-refractivity contribution >= 4 is 11.6 Å². The summed E-state index contributed by atoms with van der Waals surface area (Å²) in [5.41, 5.74) is 4.83. The molecule has 0 aliphatic carbocycles. The topological polar surface area (TPSA) is 51.1 Å². The zero-order valence-electron chi connectivity index (χ0n) is 15.2. The first-order valence-corrected chi connectivity index (χ1v) is 8.57. The summed E-state index contributed by atoms with van der Waals surface area (Å²) in [7, 11) is 0. The van der Waals surface area contributed by atoms with Crippen molar-refractivity contribution in [1.29, 1.82) is 0 Å². The number of nitrogens with one attached hydrogen (secondary N) is 1. The van der Waals surface area contributed by atoms with Gasteiger partial charge < -0.3 is 9.88 Å². The summed E-state index contributed by atoms with van der Waals surface area (Å²) in [4.78, 5) is 25.4. The molecule has 3 aromatic rings. The SMILES string of the molecule is Cc1cc(C)cc(NC(=O)c2cccn(Cc3ccccc3C)c2=O)c1. The predicted molar refractivity (Wildman–Crippen MR) is 105 cm³/mol. The number of aryl methyl sites for hydroxylation is 3. The van der Waals surface area contributed by atoms with Gasteiger partial charge >= 0.3 is 0 Å². The Balaban J connectivity index is 1.88. The molecule has 4 nitrogen and oxygen atoms in total. The number of hydrogen-bond acceptors (Lipinski definition) is 2. The van der Waals surface area contributed by atoms with Crippen LogP contribution in [0, 0.1) is 20.8 Å². The van der Waals surface area contributed by atoms with Gasteiger partial charge in [0, 0.05) is 11.9 Å². The van der Waals surface area contributed by atoms with Crippen LogP contribution in [0.5, 0.6) is 0 Å². The second kappa shape index (κ2) is 7.40. The van der Waals surface area contributed by atoms with Crippen LogP contribution in [0.4, 0.5) is 5.69 Å². The lowest BCUT2D eigenvalue weighted by atomic mass is 10.1. The quantitative estimate of drug-likeness (QED) is 0.774. The highest BCUT2D eigenvalue weighted by atomic mass is 16.2. The summed E-state index contributed by atoms with van der Waals surface area (Å²) in [5.74, 6) is -0.390. The molecule has 0 bridgehead atoms. The number of carbonyl (C=O) groups is 1. The molecule has 1 aromatic heterocycles. The Hall–Kier alpha value is -3.14. The molecule has 1 N–H and O–H groups in total. The standard InChI is InChI=1S/C22H22N2O2/c1-15-11-16(2)13-19(12-15)23-21(25)20-9-6-10-24(22(20)26)14-18-8-5-4-7-17(18)3/h4-13H,14H2,1-3H3,(H,23,25). The van der Waals surface area contributed by atoms with E-state index in [0.29, 0.717) is 12.2 Å². The minimum absolute atomic E-state index is 0.139. The van der Waals surface area contributed by atoms with Crippen molar-refractivity contribution in [3.63, 3.8) is 0 Å². The highest BCUT2D eigenvalue weighted by Crippen LogP contribution is 2.14. The van der Waals surface area contributed by atoms with E-state index in [2.05, 4.69) is 5.32 Å². The molecule has 0 fully saturated rings. The first kappa shape index (κ1) is 17.7. The fourth-order valence-electron chi connectivity index (χ4n) is 3.05. The molecule has 0 saturated carbocycles. The van der Waals surface area contributed by atoms with Gasteiger partial charge in [-0.1, -0.05) is 30.3 Å². The fourth-order valence-corrected chi connectivity index (χ4v) is 3.05. The van der Waals surface area contributed by atoms with Gasteiger partial charge in [0.15, 0.2) is 0 Å². The first-order chi connectivity index (χ1) is 12.4. The van der Waals surface area contributed by atoms with Crippen molar-refractivity contribution in [2.45, 2.75) is 27.3 Å². The molecule has 0 aliphatic heterocycles. The number of benzene rings is 2. The average molecular weight is 346 g/mol. The second-order valence-corrected chi connectivity index (χ2v) is 6.61. The Bertz CT molecular complexity index is 998. The van der Waals surface area contributed by atoms with E-state index in [1.807, 2.05) is 63.2 Å². The van der Waals surface area contributed by atoms with Gasteiger partial charge in [0.1, 0.15) is 5.56 Å². The molecule has 132 valence electrons. The van der Waals surface area contributed by atoms with Crippen LogP contribution in [-0.4, -0.2) is 10.5 Å². The lowest BCUT2D eigenvalue weighted by Gasteiger charge is -2.11. The van der Waals surface area contributed by atoms with Crippen LogP contribution in [0.1, 0.15) is 32.6 Å². The maximum atomic E-state index is 12.8. The van der Waals surface area contributed by atoms with E-state index in [1.165, 1.54) is 0 Å². The number of rotatable bonds is 4. The zero-order chi connectivity index (χ0) is 18.7. The summed E-state index contributed by atoms with van der Waals surface area (Å²) < 4.78 is 1.57. The third kappa shape index (κ3) is 3.91. The van der Waals surface area contributed by atoms with Gasteiger partial charge in [-0.05, 0) is 67.3 Å². The van der Waals surface area contributed by atoms with E-state index in [-0.39, 0.29) is 17.0 Å². The number of amides is 1. The van der Waals surface area contributed by atoms with Gasteiger partial charge in [-0.2, -0.15) is 0 Å². The lowest BCUT2D eigenvalue weighted by molar-refractivity contribution is 0.102. The predicted octanol–water partition coefficient (Wildman–Crippen LogP) is 4.07. The minimum Gasteiger partial charge on any atom is -0.322 e. The molecule has 1 heterocycles. The third-order valence-electron chi connectivity index (χ3n) is 4.35. The molecule has 0 atom stereocenters. The number of nitrogens with zero attached hydrogens (tertiary/aromatic N) is 1. The van der Waals surface area contributed by atoms with Crippen molar-refractivity contribution in [2.24, 2.45) is 0 Å². The molecule has 4 heteroatoms. The van der Waals surface area contributed by atoms with Gasteiger partial charge in [-0.25, -0.2) is 0 Å². The van der Waals surface area contributed by atoms with Gasteiger partial charge in [0.05, 0.1) is 6.54 Å². The molecule has 2 aromatic carbocycles. The van der Waals surface area contributed by atoms with Crippen molar-refractivity contribution in [3.05, 3.63) is 99.0 Å². The average Bonchev–Trinajstić information content (AvgIpc) is 2.57. The van der Waals surface area contributed by atoms with Crippen LogP contribution < -0.4 is 10.9 Å². The van der Waals surface area contributed by atoms with Crippen LogP contribution in [0.25, 0.3) is 0 Å². The van der Waals surface area contributed by atoms with Gasteiger partial charge in [0.2, 0.25) is 0 Å². The fraction of sp³-hybridized carbons (Fsp3) is 0.182. The summed E-state index contributed by atoms with van der Waals surface area (Å²) in [6.07, 6.45) is 1.71. The van der Waals surface area contributed by atoms with Gasteiger partial charge in [0.25, 0.3) is 11.5 Å². The largest absolute Gasteiger partial charge is 0.322 e. The molecule has 0 radical (unpaired) electrons. The number of anilines is 1. The first-order valence-electron chi connectivity index (χ1n) is 8.57. The molecular weight excluding hydrogens is 324 g/mol. The Morgan fingerprint density at radius 3 is 2.35 bits per heavy atom. The van der Waals surface area contributed by atoms with E-state index in [9.17, 15) is 9.59 Å². The normalized spacial score (nSPS) is 10.6. The van der Waals surface area contributed by atoms with Crippen LogP contribution in [-0.2, 0) is 6.54 Å². The third-order valence-corrected chi connectivity index (χ3v) is 4.35. The van der Waals surface area contributed by atoms with Crippen LogP contribution in [0.15, 0.2) is 65.6 Å². The van der Waals surface area contributed by atoms with Crippen molar-refractivity contribution in [2.75, 3.05) is 5.32 Å². The van der Waals surface area contributed by atoms with Crippen LogP contribution in [0.3, 0.4) is 0 Å². The second-order valence-electron chi connectivity index (χ2n) is 6.61. The van der Waals surface area contributed by atoms with E-state index >= 15 is 0 Å². The summed E-state index contributed by atoms with van der Waals surface area (Å²) >= 11 is 0. The monoisotopic (exact) mass is 346 g/mol. The van der Waals surface area contributed by atoms with Crippen LogP contribution >= 0.6 is 0 Å². The molecule has 3 rings (SSSR count). The molecule has 0 spiro atoms.